The van der Waals surface area contributed by atoms with Crippen LogP contribution in [0.25, 0.3) is 0 Å². The Bertz CT molecular complexity index is 984. The lowest BCUT2D eigenvalue weighted by molar-refractivity contribution is -0.131. The Hall–Kier alpha value is -2.01. The molecule has 0 saturated heterocycles. The molecule has 3 N–H and O–H groups in total. The van der Waals surface area contributed by atoms with Gasteiger partial charge in [0.1, 0.15) is 5.75 Å². The van der Waals surface area contributed by atoms with Gasteiger partial charge in [-0.1, -0.05) is 22.0 Å². The highest BCUT2D eigenvalue weighted by Gasteiger charge is 2.31. The van der Waals surface area contributed by atoms with Gasteiger partial charge in [-0.05, 0) is 78.3 Å². The van der Waals surface area contributed by atoms with Crippen molar-refractivity contribution in [2.24, 2.45) is 0 Å². The van der Waals surface area contributed by atoms with E-state index in [0.29, 0.717) is 39.6 Å². The SMILES string of the molecule is CCO[C@H](CC/C=C/C(=O)O)[C@H](OC(=O)Nc1ccc(SC)cc1)c1cc(Br)cc(Br)c1O. The number of benzene rings is 2. The molecular formula is C23H25Br2NO6S. The van der Waals surface area contributed by atoms with Crippen LogP contribution in [0.2, 0.25) is 0 Å². The number of halogens is 2. The number of thioether (sulfide) groups is 1. The summed E-state index contributed by atoms with van der Waals surface area (Å²) in [4.78, 5) is 24.6. The molecule has 0 aliphatic heterocycles. The molecule has 1 amide bonds. The van der Waals surface area contributed by atoms with Gasteiger partial charge in [-0.15, -0.1) is 11.8 Å². The minimum atomic E-state index is -1.05. The number of hydrogen-bond donors (Lipinski definition) is 3. The number of ether oxygens (including phenoxy) is 2. The highest BCUT2D eigenvalue weighted by atomic mass is 79.9. The second-order valence-corrected chi connectivity index (χ2v) is 9.47. The van der Waals surface area contributed by atoms with Gasteiger partial charge in [0.2, 0.25) is 0 Å². The average Bonchev–Trinajstić information content (AvgIpc) is 2.77. The third kappa shape index (κ3) is 8.69. The van der Waals surface area contributed by atoms with Crippen LogP contribution in [-0.2, 0) is 14.3 Å². The van der Waals surface area contributed by atoms with E-state index < -0.39 is 24.3 Å². The molecule has 0 heterocycles. The molecule has 0 aromatic heterocycles. The second kappa shape index (κ2) is 13.6. The molecule has 0 saturated carbocycles. The van der Waals surface area contributed by atoms with Crippen LogP contribution in [0.3, 0.4) is 0 Å². The third-order valence-electron chi connectivity index (χ3n) is 4.53. The first-order valence-corrected chi connectivity index (χ1v) is 12.9. The van der Waals surface area contributed by atoms with Crippen molar-refractivity contribution in [1.29, 1.82) is 0 Å². The number of carbonyl (C=O) groups is 2. The maximum Gasteiger partial charge on any atom is 0.412 e. The molecule has 0 spiro atoms. The van der Waals surface area contributed by atoms with Crippen LogP contribution in [0.15, 0.2) is 62.4 Å². The molecule has 0 bridgehead atoms. The van der Waals surface area contributed by atoms with E-state index in [1.54, 1.807) is 43.0 Å². The average molecular weight is 603 g/mol. The summed E-state index contributed by atoms with van der Waals surface area (Å²) in [6.07, 6.45) is 2.97. The van der Waals surface area contributed by atoms with Crippen molar-refractivity contribution < 1.29 is 29.3 Å². The molecule has 2 aromatic rings. The van der Waals surface area contributed by atoms with Gasteiger partial charge in [-0.2, -0.15) is 0 Å². The number of carbonyl (C=O) groups excluding carboxylic acids is 1. The minimum Gasteiger partial charge on any atom is -0.506 e. The van der Waals surface area contributed by atoms with E-state index >= 15 is 0 Å². The Balaban J connectivity index is 2.31. The zero-order valence-electron chi connectivity index (χ0n) is 18.1. The maximum atomic E-state index is 12.8. The van der Waals surface area contributed by atoms with Crippen molar-refractivity contribution in [3.05, 3.63) is 63.1 Å². The van der Waals surface area contributed by atoms with Crippen LogP contribution in [0.5, 0.6) is 5.75 Å². The molecule has 0 unspecified atom stereocenters. The molecule has 33 heavy (non-hydrogen) atoms. The number of hydrogen-bond acceptors (Lipinski definition) is 6. The van der Waals surface area contributed by atoms with Crippen LogP contribution in [0.4, 0.5) is 10.5 Å². The van der Waals surface area contributed by atoms with Crippen molar-refractivity contribution in [2.75, 3.05) is 18.2 Å². The third-order valence-corrected chi connectivity index (χ3v) is 6.34. The van der Waals surface area contributed by atoms with Gasteiger partial charge in [0.25, 0.3) is 0 Å². The summed E-state index contributed by atoms with van der Waals surface area (Å²) in [6.45, 7) is 2.14. The van der Waals surface area contributed by atoms with Crippen molar-refractivity contribution >= 4 is 61.4 Å². The number of aliphatic carboxylic acids is 1. The lowest BCUT2D eigenvalue weighted by Crippen LogP contribution is -2.29. The number of allylic oxidation sites excluding steroid dienone is 1. The molecule has 0 aliphatic rings. The van der Waals surface area contributed by atoms with Gasteiger partial charge in [-0.25, -0.2) is 9.59 Å². The van der Waals surface area contributed by atoms with Gasteiger partial charge in [-0.3, -0.25) is 5.32 Å². The summed E-state index contributed by atoms with van der Waals surface area (Å²) in [6, 6.07) is 10.6. The number of anilines is 1. The monoisotopic (exact) mass is 601 g/mol. The van der Waals surface area contributed by atoms with E-state index in [0.717, 1.165) is 11.0 Å². The summed E-state index contributed by atoms with van der Waals surface area (Å²) >= 11 is 8.30. The highest BCUT2D eigenvalue weighted by molar-refractivity contribution is 9.11. The lowest BCUT2D eigenvalue weighted by atomic mass is 9.99. The molecule has 2 rings (SSSR count). The second-order valence-electron chi connectivity index (χ2n) is 6.82. The number of amides is 1. The molecule has 178 valence electrons. The molecular weight excluding hydrogens is 578 g/mol. The van der Waals surface area contributed by atoms with E-state index in [4.69, 9.17) is 14.6 Å². The fourth-order valence-electron chi connectivity index (χ4n) is 3.06. The molecule has 7 nitrogen and oxygen atoms in total. The largest absolute Gasteiger partial charge is 0.506 e. The number of phenolic OH excluding ortho intramolecular Hbond substituents is 1. The standard InChI is InChI=1S/C23H25Br2NO6S/c1-3-31-19(6-4-5-7-20(27)28)22(17-12-14(24)13-18(25)21(17)29)32-23(30)26-15-8-10-16(33-2)11-9-15/h5,7-13,19,22,29H,3-4,6H2,1-2H3,(H,26,30)(H,27,28)/b7-5+/t19-,22-/m1/s1. The van der Waals surface area contributed by atoms with E-state index in [1.165, 1.54) is 6.08 Å². The first-order chi connectivity index (χ1) is 15.7. The Kier molecular flexibility index (Phi) is 11.3. The van der Waals surface area contributed by atoms with Crippen LogP contribution in [0, 0.1) is 0 Å². The van der Waals surface area contributed by atoms with Crippen LogP contribution in [-0.4, -0.2) is 41.2 Å². The quantitative estimate of drug-likeness (QED) is 0.193. The molecule has 10 heteroatoms. The first-order valence-electron chi connectivity index (χ1n) is 10.1. The zero-order valence-corrected chi connectivity index (χ0v) is 22.1. The van der Waals surface area contributed by atoms with E-state index in [9.17, 15) is 14.7 Å². The number of aromatic hydroxyl groups is 1. The number of nitrogens with one attached hydrogen (secondary N) is 1. The van der Waals surface area contributed by atoms with E-state index in [2.05, 4.69) is 37.2 Å². The Morgan fingerprint density at radius 2 is 1.91 bits per heavy atom. The highest BCUT2D eigenvalue weighted by Crippen LogP contribution is 2.39. The summed E-state index contributed by atoms with van der Waals surface area (Å²) in [5.74, 6) is -1.12. The Morgan fingerprint density at radius 3 is 2.52 bits per heavy atom. The van der Waals surface area contributed by atoms with Crippen molar-refractivity contribution in [1.82, 2.24) is 0 Å². The van der Waals surface area contributed by atoms with Crippen molar-refractivity contribution in [2.45, 2.75) is 36.9 Å². The predicted octanol–water partition coefficient (Wildman–Crippen LogP) is 6.76. The normalized spacial score (nSPS) is 13.0. The summed E-state index contributed by atoms with van der Waals surface area (Å²) in [7, 11) is 0. The first kappa shape index (κ1) is 27.2. The van der Waals surface area contributed by atoms with Gasteiger partial charge >= 0.3 is 12.1 Å². The lowest BCUT2D eigenvalue weighted by Gasteiger charge is -2.28. The maximum absolute atomic E-state index is 12.8. The fourth-order valence-corrected chi connectivity index (χ4v) is 4.73. The molecule has 0 radical (unpaired) electrons. The zero-order chi connectivity index (χ0) is 24.4. The Labute approximate surface area is 213 Å². The minimum absolute atomic E-state index is 0.0777. The van der Waals surface area contributed by atoms with Crippen molar-refractivity contribution in [3.63, 3.8) is 0 Å². The molecule has 0 aliphatic carbocycles. The van der Waals surface area contributed by atoms with Crippen LogP contribution in [0.1, 0.15) is 31.4 Å². The van der Waals surface area contributed by atoms with Crippen molar-refractivity contribution in [3.8, 4) is 5.75 Å². The Morgan fingerprint density at radius 1 is 1.21 bits per heavy atom. The van der Waals surface area contributed by atoms with Crippen LogP contribution < -0.4 is 5.32 Å². The summed E-state index contributed by atoms with van der Waals surface area (Å²) < 4.78 is 12.7. The molecule has 2 atom stereocenters. The number of carboxylic acid groups (broad SMARTS) is 1. The van der Waals surface area contributed by atoms with E-state index in [1.807, 2.05) is 18.4 Å². The van der Waals surface area contributed by atoms with E-state index in [-0.39, 0.29) is 5.75 Å². The molecule has 2 aromatic carbocycles. The fraction of sp³-hybridized carbons (Fsp3) is 0.304. The van der Waals surface area contributed by atoms with Crippen LogP contribution >= 0.6 is 43.6 Å². The van der Waals surface area contributed by atoms with Gasteiger partial charge in [0.05, 0.1) is 10.6 Å². The molecule has 0 fully saturated rings. The van der Waals surface area contributed by atoms with Gasteiger partial charge < -0.3 is 19.7 Å². The predicted molar refractivity (Wildman–Crippen MR) is 136 cm³/mol. The smallest absolute Gasteiger partial charge is 0.412 e. The number of phenols is 1. The summed E-state index contributed by atoms with van der Waals surface area (Å²) in [5, 5.41) is 22.2. The summed E-state index contributed by atoms with van der Waals surface area (Å²) in [5.41, 5.74) is 0.915. The number of carboxylic acids is 1. The van der Waals surface area contributed by atoms with Gasteiger partial charge in [0.15, 0.2) is 6.10 Å². The number of rotatable bonds is 11. The van der Waals surface area contributed by atoms with Gasteiger partial charge in [0, 0.05) is 33.3 Å². The topological polar surface area (TPSA) is 105 Å².